The SMILES string of the molecule is CNC(c1ccc(C)cc1F)C1CC1c1ccccc1. The fourth-order valence-corrected chi connectivity index (χ4v) is 3.15. The van der Waals surface area contributed by atoms with E-state index in [1.54, 1.807) is 6.07 Å². The van der Waals surface area contributed by atoms with Gasteiger partial charge in [-0.1, -0.05) is 42.5 Å². The topological polar surface area (TPSA) is 12.0 Å². The predicted molar refractivity (Wildman–Crippen MR) is 80.2 cm³/mol. The summed E-state index contributed by atoms with van der Waals surface area (Å²) in [7, 11) is 1.92. The van der Waals surface area contributed by atoms with Gasteiger partial charge >= 0.3 is 0 Å². The molecule has 3 rings (SSSR count). The van der Waals surface area contributed by atoms with E-state index in [-0.39, 0.29) is 11.9 Å². The fourth-order valence-electron chi connectivity index (χ4n) is 3.15. The highest BCUT2D eigenvalue weighted by Gasteiger charge is 2.44. The molecule has 0 spiro atoms. The smallest absolute Gasteiger partial charge is 0.128 e. The fraction of sp³-hybridized carbons (Fsp3) is 0.333. The predicted octanol–water partition coefficient (Wildman–Crippen LogP) is 4.20. The van der Waals surface area contributed by atoms with Crippen molar-refractivity contribution in [1.29, 1.82) is 0 Å². The largest absolute Gasteiger partial charge is 0.313 e. The molecule has 1 saturated carbocycles. The zero-order valence-corrected chi connectivity index (χ0v) is 11.9. The normalized spacial score (nSPS) is 22.6. The van der Waals surface area contributed by atoms with E-state index in [2.05, 4.69) is 29.6 Å². The van der Waals surface area contributed by atoms with Crippen LogP contribution in [0, 0.1) is 18.7 Å². The van der Waals surface area contributed by atoms with E-state index in [1.165, 1.54) is 5.56 Å². The summed E-state index contributed by atoms with van der Waals surface area (Å²) in [5, 5.41) is 3.30. The van der Waals surface area contributed by atoms with E-state index in [0.29, 0.717) is 11.8 Å². The maximum absolute atomic E-state index is 14.2. The minimum atomic E-state index is -0.0944. The molecule has 2 aromatic rings. The Kier molecular flexibility index (Phi) is 3.58. The highest BCUT2D eigenvalue weighted by atomic mass is 19.1. The molecule has 0 amide bonds. The third kappa shape index (κ3) is 2.48. The van der Waals surface area contributed by atoms with E-state index >= 15 is 0 Å². The second-order valence-corrected chi connectivity index (χ2v) is 5.71. The van der Waals surface area contributed by atoms with Crippen molar-refractivity contribution in [2.45, 2.75) is 25.3 Å². The average Bonchev–Trinajstić information content (AvgIpc) is 3.23. The lowest BCUT2D eigenvalue weighted by atomic mass is 9.97. The molecule has 1 N–H and O–H groups in total. The van der Waals surface area contributed by atoms with Crippen LogP contribution in [0.4, 0.5) is 4.39 Å². The molecular formula is C18H20FN. The summed E-state index contributed by atoms with van der Waals surface area (Å²) < 4.78 is 14.2. The zero-order valence-electron chi connectivity index (χ0n) is 11.9. The summed E-state index contributed by atoms with van der Waals surface area (Å²) >= 11 is 0. The summed E-state index contributed by atoms with van der Waals surface area (Å²) in [5.41, 5.74) is 3.13. The molecule has 1 fully saturated rings. The first-order valence-electron chi connectivity index (χ1n) is 7.19. The van der Waals surface area contributed by atoms with Gasteiger partial charge in [0, 0.05) is 11.6 Å². The van der Waals surface area contributed by atoms with Gasteiger partial charge in [0.05, 0.1) is 0 Å². The summed E-state index contributed by atoms with van der Waals surface area (Å²) in [6, 6.07) is 16.2. The van der Waals surface area contributed by atoms with Crippen LogP contribution in [0.2, 0.25) is 0 Å². The van der Waals surface area contributed by atoms with E-state index in [4.69, 9.17) is 0 Å². The van der Waals surface area contributed by atoms with E-state index in [0.717, 1.165) is 17.5 Å². The Morgan fingerprint density at radius 2 is 1.90 bits per heavy atom. The van der Waals surface area contributed by atoms with Crippen LogP contribution >= 0.6 is 0 Å². The van der Waals surface area contributed by atoms with Crippen molar-refractivity contribution in [3.63, 3.8) is 0 Å². The van der Waals surface area contributed by atoms with Gasteiger partial charge in [0.15, 0.2) is 0 Å². The number of rotatable bonds is 4. The maximum atomic E-state index is 14.2. The van der Waals surface area contributed by atoms with Crippen LogP contribution in [-0.4, -0.2) is 7.05 Å². The number of aryl methyl sites for hydroxylation is 1. The van der Waals surface area contributed by atoms with Gasteiger partial charge in [-0.25, -0.2) is 4.39 Å². The molecule has 2 aromatic carbocycles. The van der Waals surface area contributed by atoms with Crippen LogP contribution in [-0.2, 0) is 0 Å². The maximum Gasteiger partial charge on any atom is 0.128 e. The molecule has 0 heterocycles. The molecular weight excluding hydrogens is 249 g/mol. The van der Waals surface area contributed by atoms with Crippen molar-refractivity contribution >= 4 is 0 Å². The number of benzene rings is 2. The Morgan fingerprint density at radius 3 is 2.55 bits per heavy atom. The third-order valence-corrected chi connectivity index (χ3v) is 4.30. The molecule has 0 saturated heterocycles. The van der Waals surface area contributed by atoms with Gasteiger partial charge in [0.25, 0.3) is 0 Å². The Bertz CT molecular complexity index is 594. The van der Waals surface area contributed by atoms with Crippen LogP contribution in [0.25, 0.3) is 0 Å². The lowest BCUT2D eigenvalue weighted by Gasteiger charge is -2.18. The van der Waals surface area contributed by atoms with Crippen molar-refractivity contribution in [1.82, 2.24) is 5.32 Å². The van der Waals surface area contributed by atoms with Crippen molar-refractivity contribution in [2.75, 3.05) is 7.05 Å². The molecule has 104 valence electrons. The van der Waals surface area contributed by atoms with E-state index in [9.17, 15) is 4.39 Å². The summed E-state index contributed by atoms with van der Waals surface area (Å²) in [6.45, 7) is 1.92. The molecule has 1 aliphatic rings. The van der Waals surface area contributed by atoms with Gasteiger partial charge in [-0.3, -0.25) is 0 Å². The van der Waals surface area contributed by atoms with Gasteiger partial charge in [-0.15, -0.1) is 0 Å². The summed E-state index contributed by atoms with van der Waals surface area (Å²) in [5.74, 6) is 0.942. The molecule has 0 radical (unpaired) electrons. The molecule has 0 aliphatic heterocycles. The van der Waals surface area contributed by atoms with Crippen molar-refractivity contribution < 1.29 is 4.39 Å². The molecule has 20 heavy (non-hydrogen) atoms. The second-order valence-electron chi connectivity index (χ2n) is 5.71. The van der Waals surface area contributed by atoms with Crippen molar-refractivity contribution in [3.8, 4) is 0 Å². The van der Waals surface area contributed by atoms with Crippen LogP contribution in [0.1, 0.15) is 35.1 Å². The highest BCUT2D eigenvalue weighted by molar-refractivity contribution is 5.32. The third-order valence-electron chi connectivity index (χ3n) is 4.30. The second kappa shape index (κ2) is 5.37. The van der Waals surface area contributed by atoms with Gasteiger partial charge in [0.1, 0.15) is 5.82 Å². The number of halogens is 1. The average molecular weight is 269 g/mol. The summed E-state index contributed by atoms with van der Waals surface area (Å²) in [4.78, 5) is 0. The van der Waals surface area contributed by atoms with Gasteiger partial charge in [-0.05, 0) is 49.4 Å². The number of hydrogen-bond donors (Lipinski definition) is 1. The van der Waals surface area contributed by atoms with Gasteiger partial charge < -0.3 is 5.32 Å². The lowest BCUT2D eigenvalue weighted by Crippen LogP contribution is -2.20. The van der Waals surface area contributed by atoms with Gasteiger partial charge in [0.2, 0.25) is 0 Å². The van der Waals surface area contributed by atoms with E-state index in [1.807, 2.05) is 32.2 Å². The first kappa shape index (κ1) is 13.3. The van der Waals surface area contributed by atoms with Crippen LogP contribution in [0.15, 0.2) is 48.5 Å². The molecule has 2 heteroatoms. The van der Waals surface area contributed by atoms with Crippen LogP contribution < -0.4 is 5.32 Å². The highest BCUT2D eigenvalue weighted by Crippen LogP contribution is 2.54. The molecule has 0 bridgehead atoms. The molecule has 1 nitrogen and oxygen atoms in total. The Morgan fingerprint density at radius 1 is 1.15 bits per heavy atom. The number of nitrogens with one attached hydrogen (secondary N) is 1. The quantitative estimate of drug-likeness (QED) is 0.877. The molecule has 0 aromatic heterocycles. The van der Waals surface area contributed by atoms with E-state index < -0.39 is 0 Å². The monoisotopic (exact) mass is 269 g/mol. The molecule has 3 unspecified atom stereocenters. The Hall–Kier alpha value is -1.67. The molecule has 1 aliphatic carbocycles. The summed E-state index contributed by atoms with van der Waals surface area (Å²) in [6.07, 6.45) is 1.13. The minimum Gasteiger partial charge on any atom is -0.313 e. The zero-order chi connectivity index (χ0) is 14.1. The lowest BCUT2D eigenvalue weighted by molar-refractivity contribution is 0.484. The van der Waals surface area contributed by atoms with Gasteiger partial charge in [-0.2, -0.15) is 0 Å². The standard InChI is InChI=1S/C18H20FN/c1-12-8-9-14(17(19)10-12)18(20-2)16-11-15(16)13-6-4-3-5-7-13/h3-10,15-16,18,20H,11H2,1-2H3. The first-order valence-corrected chi connectivity index (χ1v) is 7.19. The molecule has 3 atom stereocenters. The minimum absolute atomic E-state index is 0.0944. The van der Waals surface area contributed by atoms with Crippen LogP contribution in [0.3, 0.4) is 0 Å². The van der Waals surface area contributed by atoms with Crippen LogP contribution in [0.5, 0.6) is 0 Å². The van der Waals surface area contributed by atoms with Crippen molar-refractivity contribution in [2.24, 2.45) is 5.92 Å². The Balaban J connectivity index is 1.82. The van der Waals surface area contributed by atoms with Crippen molar-refractivity contribution in [3.05, 3.63) is 71.0 Å². The number of hydrogen-bond acceptors (Lipinski definition) is 1. The Labute approximate surface area is 119 Å². The first-order chi connectivity index (χ1) is 9.70.